The molecule has 1 fully saturated rings. The van der Waals surface area contributed by atoms with E-state index in [-0.39, 0.29) is 36.5 Å². The van der Waals surface area contributed by atoms with Crippen molar-refractivity contribution in [2.75, 3.05) is 38.1 Å². The Morgan fingerprint density at radius 3 is 2.75 bits per heavy atom. The molecule has 1 aliphatic heterocycles. The van der Waals surface area contributed by atoms with Gasteiger partial charge < -0.3 is 15.5 Å². The summed E-state index contributed by atoms with van der Waals surface area (Å²) in [6.45, 7) is 3.06. The highest BCUT2D eigenvalue weighted by atomic mass is 35.5. The van der Waals surface area contributed by atoms with E-state index in [1.807, 2.05) is 18.0 Å². The third-order valence-electron chi connectivity index (χ3n) is 4.65. The zero-order valence-electron chi connectivity index (χ0n) is 15.8. The van der Waals surface area contributed by atoms with Gasteiger partial charge in [-0.25, -0.2) is 9.07 Å². The molecule has 0 radical (unpaired) electrons. The second-order valence-corrected chi connectivity index (χ2v) is 6.55. The fourth-order valence-corrected chi connectivity index (χ4v) is 3.12. The Morgan fingerprint density at radius 1 is 1.32 bits per heavy atom. The number of anilines is 1. The third-order valence-corrected chi connectivity index (χ3v) is 4.65. The fourth-order valence-electron chi connectivity index (χ4n) is 3.12. The van der Waals surface area contributed by atoms with E-state index in [0.29, 0.717) is 36.9 Å². The lowest BCUT2D eigenvalue weighted by Crippen LogP contribution is -2.30. The number of nitrogens with one attached hydrogen (secondary N) is 2. The van der Waals surface area contributed by atoms with Crippen molar-refractivity contribution in [3.05, 3.63) is 42.0 Å². The van der Waals surface area contributed by atoms with Gasteiger partial charge in [0.15, 0.2) is 5.69 Å². The molecule has 2 aromatic rings. The van der Waals surface area contributed by atoms with Crippen LogP contribution in [0.15, 0.2) is 30.5 Å². The Morgan fingerprint density at radius 2 is 2.04 bits per heavy atom. The summed E-state index contributed by atoms with van der Waals surface area (Å²) in [7, 11) is 1.84. The number of piperidine rings is 1. The van der Waals surface area contributed by atoms with Crippen LogP contribution in [0.1, 0.15) is 35.8 Å². The molecule has 1 aromatic carbocycles. The Bertz CT molecular complexity index is 738. The number of aromatic nitrogens is 3. The molecule has 3 rings (SSSR count). The number of amides is 1. The summed E-state index contributed by atoms with van der Waals surface area (Å²) >= 11 is 0. The zero-order valence-corrected chi connectivity index (χ0v) is 17.4. The molecule has 7 nitrogen and oxygen atoms in total. The molecular formula is C18H27Cl2FN6O. The molecule has 2 N–H and O–H groups in total. The van der Waals surface area contributed by atoms with Gasteiger partial charge in [-0.3, -0.25) is 4.79 Å². The first-order chi connectivity index (χ1) is 12.6. The lowest BCUT2D eigenvalue weighted by atomic mass is 10.1. The number of hydrogen-bond acceptors (Lipinski definition) is 5. The van der Waals surface area contributed by atoms with Gasteiger partial charge in [0.2, 0.25) is 0 Å². The van der Waals surface area contributed by atoms with Gasteiger partial charge in [0.05, 0.1) is 17.9 Å². The molecule has 2 heterocycles. The van der Waals surface area contributed by atoms with Crippen LogP contribution in [-0.2, 0) is 0 Å². The third kappa shape index (κ3) is 6.32. The summed E-state index contributed by atoms with van der Waals surface area (Å²) in [6, 6.07) is 6.97. The summed E-state index contributed by atoms with van der Waals surface area (Å²) < 4.78 is 15.5. The van der Waals surface area contributed by atoms with E-state index in [4.69, 9.17) is 0 Å². The number of carbonyl (C=O) groups excluding carboxylic acids is 1. The molecule has 28 heavy (non-hydrogen) atoms. The summed E-state index contributed by atoms with van der Waals surface area (Å²) in [6.07, 6.45) is 4.41. The SMILES string of the molecule is CN(CCCNC(=O)c1cn(C2CCNCC2)nn1)c1ccccc1F.Cl.Cl. The van der Waals surface area contributed by atoms with Crippen LogP contribution in [0.3, 0.4) is 0 Å². The second kappa shape index (κ2) is 11.8. The summed E-state index contributed by atoms with van der Waals surface area (Å²) in [5.41, 5.74) is 0.898. The van der Waals surface area contributed by atoms with E-state index in [1.54, 1.807) is 23.0 Å². The molecule has 156 valence electrons. The highest BCUT2D eigenvalue weighted by molar-refractivity contribution is 5.91. The van der Waals surface area contributed by atoms with Crippen LogP contribution in [0, 0.1) is 5.82 Å². The van der Waals surface area contributed by atoms with Crippen LogP contribution in [0.4, 0.5) is 10.1 Å². The molecule has 0 spiro atoms. The fraction of sp³-hybridized carbons (Fsp3) is 0.500. The van der Waals surface area contributed by atoms with E-state index in [0.717, 1.165) is 25.9 Å². The minimum atomic E-state index is -0.242. The first-order valence-corrected chi connectivity index (χ1v) is 9.01. The normalized spacial score (nSPS) is 13.9. The van der Waals surface area contributed by atoms with Gasteiger partial charge in [0.25, 0.3) is 5.91 Å². The Hall–Kier alpha value is -1.90. The number of rotatable bonds is 7. The minimum Gasteiger partial charge on any atom is -0.372 e. The number of benzene rings is 1. The van der Waals surface area contributed by atoms with Gasteiger partial charge >= 0.3 is 0 Å². The van der Waals surface area contributed by atoms with Crippen LogP contribution >= 0.6 is 24.8 Å². The predicted octanol–water partition coefficient (Wildman–Crippen LogP) is 2.44. The van der Waals surface area contributed by atoms with E-state index < -0.39 is 0 Å². The van der Waals surface area contributed by atoms with Crippen molar-refractivity contribution in [1.82, 2.24) is 25.6 Å². The molecule has 1 saturated heterocycles. The average molecular weight is 433 g/mol. The molecule has 0 saturated carbocycles. The molecule has 0 bridgehead atoms. The van der Waals surface area contributed by atoms with E-state index >= 15 is 0 Å². The Labute approximate surface area is 176 Å². The minimum absolute atomic E-state index is 0. The molecule has 10 heteroatoms. The maximum atomic E-state index is 13.7. The molecule has 1 amide bonds. The molecule has 1 aliphatic rings. The van der Waals surface area contributed by atoms with E-state index in [9.17, 15) is 9.18 Å². The summed E-state index contributed by atoms with van der Waals surface area (Å²) in [5.74, 6) is -0.465. The van der Waals surface area contributed by atoms with Crippen LogP contribution in [-0.4, -0.2) is 54.1 Å². The average Bonchev–Trinajstić information content (AvgIpc) is 3.16. The van der Waals surface area contributed by atoms with Crippen molar-refractivity contribution in [2.24, 2.45) is 0 Å². The maximum absolute atomic E-state index is 13.7. The van der Waals surface area contributed by atoms with Gasteiger partial charge in [-0.1, -0.05) is 17.3 Å². The largest absolute Gasteiger partial charge is 0.372 e. The smallest absolute Gasteiger partial charge is 0.273 e. The lowest BCUT2D eigenvalue weighted by molar-refractivity contribution is 0.0948. The molecule has 0 aliphatic carbocycles. The number of nitrogens with zero attached hydrogens (tertiary/aromatic N) is 4. The quantitative estimate of drug-likeness (QED) is 0.657. The van der Waals surface area contributed by atoms with Crippen LogP contribution < -0.4 is 15.5 Å². The number of hydrogen-bond donors (Lipinski definition) is 2. The molecule has 0 unspecified atom stereocenters. The summed E-state index contributed by atoms with van der Waals surface area (Å²) in [5, 5.41) is 14.2. The second-order valence-electron chi connectivity index (χ2n) is 6.55. The van der Waals surface area contributed by atoms with Gasteiger partial charge in [-0.05, 0) is 44.5 Å². The topological polar surface area (TPSA) is 75.1 Å². The van der Waals surface area contributed by atoms with Gasteiger partial charge in [-0.15, -0.1) is 29.9 Å². The van der Waals surface area contributed by atoms with Crippen LogP contribution in [0.25, 0.3) is 0 Å². The van der Waals surface area contributed by atoms with E-state index in [1.165, 1.54) is 6.07 Å². The van der Waals surface area contributed by atoms with Crippen molar-refractivity contribution >= 4 is 36.4 Å². The first-order valence-electron chi connectivity index (χ1n) is 9.01. The van der Waals surface area contributed by atoms with E-state index in [2.05, 4.69) is 20.9 Å². The maximum Gasteiger partial charge on any atom is 0.273 e. The standard InChI is InChI=1S/C18H25FN6O.2ClH/c1-24(17-6-3-2-5-15(17)19)12-4-9-21-18(26)16-13-25(23-22-16)14-7-10-20-11-8-14;;/h2-3,5-6,13-14,20H,4,7-12H2,1H3,(H,21,26);2*1H. The Kier molecular flexibility index (Phi) is 10.2. The van der Waals surface area contributed by atoms with Gasteiger partial charge in [-0.2, -0.15) is 0 Å². The van der Waals surface area contributed by atoms with Crippen molar-refractivity contribution in [1.29, 1.82) is 0 Å². The van der Waals surface area contributed by atoms with Crippen molar-refractivity contribution < 1.29 is 9.18 Å². The first kappa shape index (κ1) is 24.1. The van der Waals surface area contributed by atoms with Gasteiger partial charge in [0, 0.05) is 20.1 Å². The lowest BCUT2D eigenvalue weighted by Gasteiger charge is -2.22. The summed E-state index contributed by atoms with van der Waals surface area (Å²) in [4.78, 5) is 14.0. The highest BCUT2D eigenvalue weighted by Gasteiger charge is 2.18. The predicted molar refractivity (Wildman–Crippen MR) is 112 cm³/mol. The van der Waals surface area contributed by atoms with Crippen molar-refractivity contribution in [3.8, 4) is 0 Å². The highest BCUT2D eigenvalue weighted by Crippen LogP contribution is 2.18. The van der Waals surface area contributed by atoms with Crippen LogP contribution in [0.5, 0.6) is 0 Å². The number of carbonyl (C=O) groups is 1. The Balaban J connectivity index is 0.00000196. The van der Waals surface area contributed by atoms with Crippen molar-refractivity contribution in [2.45, 2.75) is 25.3 Å². The number of para-hydroxylation sites is 1. The van der Waals surface area contributed by atoms with Crippen molar-refractivity contribution in [3.63, 3.8) is 0 Å². The molecule has 1 aromatic heterocycles. The zero-order chi connectivity index (χ0) is 18.4. The molecule has 0 atom stereocenters. The van der Waals surface area contributed by atoms with Crippen LogP contribution in [0.2, 0.25) is 0 Å². The van der Waals surface area contributed by atoms with Gasteiger partial charge in [0.1, 0.15) is 5.82 Å². The number of halogens is 3. The monoisotopic (exact) mass is 432 g/mol. The molecular weight excluding hydrogens is 406 g/mol.